The van der Waals surface area contributed by atoms with Crippen LogP contribution in [0, 0.1) is 25.2 Å². The number of carbonyl (C=O) groups is 1. The van der Waals surface area contributed by atoms with E-state index in [1.54, 1.807) is 7.11 Å². The summed E-state index contributed by atoms with van der Waals surface area (Å²) in [4.78, 5) is 17.2. The van der Waals surface area contributed by atoms with Gasteiger partial charge in [0.25, 0.3) is 0 Å². The van der Waals surface area contributed by atoms with E-state index in [0.717, 1.165) is 42.0 Å². The average Bonchev–Trinajstić information content (AvgIpc) is 3.56. The summed E-state index contributed by atoms with van der Waals surface area (Å²) >= 11 is 1.23. The first-order valence-electron chi connectivity index (χ1n) is 10.7. The maximum Gasteiger partial charge on any atom is 0.235 e. The highest BCUT2D eigenvalue weighted by Gasteiger charge is 2.24. The summed E-state index contributed by atoms with van der Waals surface area (Å²) in [7, 11) is 1.62. The van der Waals surface area contributed by atoms with Crippen LogP contribution in [0.25, 0.3) is 11.4 Å². The maximum atomic E-state index is 12.7. The Balaban J connectivity index is 1.42. The van der Waals surface area contributed by atoms with Gasteiger partial charge >= 0.3 is 0 Å². The highest BCUT2D eigenvalue weighted by atomic mass is 32.2. The SMILES string of the molecule is COc1ccc(-c2nc(SCC(=O)Nc3c(C#N)c(C)c(C)n3C[C@H]3CCCO3)n[nH]2)cc1. The van der Waals surface area contributed by atoms with Gasteiger partial charge in [0.15, 0.2) is 5.82 Å². The van der Waals surface area contributed by atoms with E-state index in [1.165, 1.54) is 11.8 Å². The number of ether oxygens (including phenoxy) is 2. The second-order valence-corrected chi connectivity index (χ2v) is 8.77. The van der Waals surface area contributed by atoms with Gasteiger partial charge in [0.05, 0.1) is 31.1 Å². The lowest BCUT2D eigenvalue weighted by atomic mass is 10.2. The molecule has 1 aliphatic rings. The first-order valence-corrected chi connectivity index (χ1v) is 11.7. The van der Waals surface area contributed by atoms with Gasteiger partial charge in [-0.05, 0) is 56.5 Å². The third-order valence-corrected chi connectivity index (χ3v) is 6.62. The van der Waals surface area contributed by atoms with E-state index in [9.17, 15) is 10.1 Å². The third-order valence-electron chi connectivity index (χ3n) is 5.77. The highest BCUT2D eigenvalue weighted by molar-refractivity contribution is 7.99. The molecule has 10 heteroatoms. The molecule has 172 valence electrons. The minimum atomic E-state index is -0.224. The summed E-state index contributed by atoms with van der Waals surface area (Å²) in [5.74, 6) is 1.80. The fourth-order valence-corrected chi connectivity index (χ4v) is 4.44. The van der Waals surface area contributed by atoms with E-state index < -0.39 is 0 Å². The normalized spacial score (nSPS) is 15.4. The van der Waals surface area contributed by atoms with Gasteiger partial charge in [0, 0.05) is 17.9 Å². The van der Waals surface area contributed by atoms with Gasteiger partial charge in [-0.15, -0.1) is 5.10 Å². The van der Waals surface area contributed by atoms with Gasteiger partial charge < -0.3 is 19.4 Å². The van der Waals surface area contributed by atoms with Crippen molar-refractivity contribution in [2.75, 3.05) is 24.8 Å². The van der Waals surface area contributed by atoms with Gasteiger partial charge in [-0.3, -0.25) is 9.89 Å². The number of carbonyl (C=O) groups excluding carboxylic acids is 1. The Labute approximate surface area is 196 Å². The van der Waals surface area contributed by atoms with Crippen molar-refractivity contribution in [3.05, 3.63) is 41.1 Å². The second kappa shape index (κ2) is 10.1. The fraction of sp³-hybridized carbons (Fsp3) is 0.391. The molecule has 33 heavy (non-hydrogen) atoms. The first kappa shape index (κ1) is 22.9. The number of anilines is 1. The Hall–Kier alpha value is -3.29. The number of nitrogens with zero attached hydrogens (tertiary/aromatic N) is 4. The Morgan fingerprint density at radius 3 is 2.85 bits per heavy atom. The number of hydrogen-bond acceptors (Lipinski definition) is 7. The topological polar surface area (TPSA) is 118 Å². The zero-order valence-corrected chi connectivity index (χ0v) is 19.7. The molecule has 4 rings (SSSR count). The average molecular weight is 467 g/mol. The van der Waals surface area contributed by atoms with Crippen LogP contribution in [0.15, 0.2) is 29.4 Å². The van der Waals surface area contributed by atoms with Crippen LogP contribution in [0.3, 0.4) is 0 Å². The molecule has 3 heterocycles. The summed E-state index contributed by atoms with van der Waals surface area (Å²) in [5, 5.41) is 20.2. The number of methoxy groups -OCH3 is 1. The molecule has 1 fully saturated rings. The van der Waals surface area contributed by atoms with Crippen molar-refractivity contribution in [1.82, 2.24) is 19.7 Å². The van der Waals surface area contributed by atoms with Crippen LogP contribution in [0.4, 0.5) is 5.82 Å². The zero-order chi connectivity index (χ0) is 23.4. The quantitative estimate of drug-likeness (QED) is 0.486. The Bertz CT molecular complexity index is 1170. The molecule has 1 atom stereocenters. The molecule has 1 amide bonds. The number of hydrogen-bond donors (Lipinski definition) is 2. The minimum absolute atomic E-state index is 0.0942. The van der Waals surface area contributed by atoms with E-state index >= 15 is 0 Å². The van der Waals surface area contributed by atoms with Crippen LogP contribution < -0.4 is 10.1 Å². The smallest absolute Gasteiger partial charge is 0.235 e. The van der Waals surface area contributed by atoms with Gasteiger partial charge in [-0.1, -0.05) is 11.8 Å². The fourth-order valence-electron chi connectivity index (χ4n) is 3.84. The number of aromatic nitrogens is 4. The minimum Gasteiger partial charge on any atom is -0.497 e. The molecule has 0 spiro atoms. The highest BCUT2D eigenvalue weighted by Crippen LogP contribution is 2.29. The number of aromatic amines is 1. The summed E-state index contributed by atoms with van der Waals surface area (Å²) in [5.41, 5.74) is 3.19. The summed E-state index contributed by atoms with van der Waals surface area (Å²) < 4.78 is 12.9. The molecular formula is C23H26N6O3S. The molecule has 2 N–H and O–H groups in total. The second-order valence-electron chi connectivity index (χ2n) is 7.82. The largest absolute Gasteiger partial charge is 0.497 e. The van der Waals surface area contributed by atoms with Crippen molar-refractivity contribution in [2.45, 2.75) is 44.5 Å². The molecule has 0 bridgehead atoms. The lowest BCUT2D eigenvalue weighted by molar-refractivity contribution is -0.113. The molecule has 3 aromatic rings. The molecule has 0 radical (unpaired) electrons. The van der Waals surface area contributed by atoms with Gasteiger partial charge in [-0.25, -0.2) is 4.98 Å². The molecule has 0 saturated carbocycles. The molecular weight excluding hydrogens is 440 g/mol. The Kier molecular flexibility index (Phi) is 7.01. The van der Waals surface area contributed by atoms with E-state index in [1.807, 2.05) is 42.7 Å². The van der Waals surface area contributed by atoms with Crippen LogP contribution in [-0.2, 0) is 16.1 Å². The maximum absolute atomic E-state index is 12.7. The van der Waals surface area contributed by atoms with Gasteiger partial charge in [0.2, 0.25) is 11.1 Å². The Morgan fingerprint density at radius 1 is 1.39 bits per heavy atom. The predicted octanol–water partition coefficient (Wildman–Crippen LogP) is 3.68. The van der Waals surface area contributed by atoms with E-state index in [-0.39, 0.29) is 17.8 Å². The van der Waals surface area contributed by atoms with Crippen molar-refractivity contribution in [1.29, 1.82) is 5.26 Å². The van der Waals surface area contributed by atoms with E-state index in [0.29, 0.717) is 28.9 Å². The number of rotatable bonds is 8. The monoisotopic (exact) mass is 466 g/mol. The van der Waals surface area contributed by atoms with E-state index in [2.05, 4.69) is 26.6 Å². The number of thioether (sulfide) groups is 1. The summed E-state index contributed by atoms with van der Waals surface area (Å²) in [6, 6.07) is 9.70. The number of amides is 1. The lowest BCUT2D eigenvalue weighted by Crippen LogP contribution is -2.22. The molecule has 0 aliphatic carbocycles. The third kappa shape index (κ3) is 5.05. The number of nitriles is 1. The van der Waals surface area contributed by atoms with Crippen LogP contribution in [0.1, 0.15) is 29.7 Å². The van der Waals surface area contributed by atoms with Crippen LogP contribution in [0.2, 0.25) is 0 Å². The van der Waals surface area contributed by atoms with Gasteiger partial charge in [0.1, 0.15) is 17.6 Å². The number of H-pyrrole nitrogens is 1. The summed E-state index contributed by atoms with van der Waals surface area (Å²) in [6.45, 7) is 5.23. The summed E-state index contributed by atoms with van der Waals surface area (Å²) in [6.07, 6.45) is 2.10. The first-order chi connectivity index (χ1) is 16.0. The van der Waals surface area contributed by atoms with Crippen molar-refractivity contribution >= 4 is 23.5 Å². The molecule has 1 aliphatic heterocycles. The van der Waals surface area contributed by atoms with Crippen LogP contribution >= 0.6 is 11.8 Å². The van der Waals surface area contributed by atoms with Gasteiger partial charge in [-0.2, -0.15) is 5.26 Å². The van der Waals surface area contributed by atoms with Crippen molar-refractivity contribution in [3.63, 3.8) is 0 Å². The van der Waals surface area contributed by atoms with E-state index in [4.69, 9.17) is 9.47 Å². The lowest BCUT2D eigenvalue weighted by Gasteiger charge is -2.16. The Morgan fingerprint density at radius 2 is 2.18 bits per heavy atom. The van der Waals surface area contributed by atoms with Crippen LogP contribution in [0.5, 0.6) is 5.75 Å². The van der Waals surface area contributed by atoms with Crippen molar-refractivity contribution < 1.29 is 14.3 Å². The predicted molar refractivity (Wildman–Crippen MR) is 125 cm³/mol. The number of benzene rings is 1. The van der Waals surface area contributed by atoms with Crippen molar-refractivity contribution in [2.24, 2.45) is 0 Å². The molecule has 9 nitrogen and oxygen atoms in total. The molecule has 2 aromatic heterocycles. The van der Waals surface area contributed by atoms with Crippen LogP contribution in [-0.4, -0.2) is 51.2 Å². The molecule has 1 saturated heterocycles. The zero-order valence-electron chi connectivity index (χ0n) is 18.8. The molecule has 0 unspecified atom stereocenters. The van der Waals surface area contributed by atoms with Crippen molar-refractivity contribution in [3.8, 4) is 23.2 Å². The standard InChI is InChI=1S/C23H26N6O3S/c1-14-15(2)29(12-18-5-4-10-32-18)22(19(14)11-24)25-20(30)13-33-23-26-21(27-28-23)16-6-8-17(31-3)9-7-16/h6-9,18H,4-5,10,12-13H2,1-3H3,(H,25,30)(H,26,27,28)/t18-/m1/s1. The number of nitrogens with one attached hydrogen (secondary N) is 2. The molecule has 1 aromatic carbocycles.